The molecule has 2 aromatic carbocycles. The van der Waals surface area contributed by atoms with Gasteiger partial charge in [-0.25, -0.2) is 0 Å². The Labute approximate surface area is 183 Å². The topological polar surface area (TPSA) is 125 Å². The summed E-state index contributed by atoms with van der Waals surface area (Å²) >= 11 is 0. The highest BCUT2D eigenvalue weighted by Gasteiger charge is 2.40. The third-order valence-corrected chi connectivity index (χ3v) is 5.70. The first-order valence-electron chi connectivity index (χ1n) is 10.6. The van der Waals surface area contributed by atoms with Crippen LogP contribution in [0.3, 0.4) is 0 Å². The van der Waals surface area contributed by atoms with Gasteiger partial charge in [0.2, 0.25) is 11.8 Å². The van der Waals surface area contributed by atoms with Gasteiger partial charge in [-0.15, -0.1) is 0 Å². The van der Waals surface area contributed by atoms with Crippen LogP contribution in [-0.2, 0) is 29.1 Å². The molecule has 3 rings (SSSR count). The van der Waals surface area contributed by atoms with Crippen molar-refractivity contribution >= 4 is 11.8 Å². The predicted molar refractivity (Wildman–Crippen MR) is 118 cm³/mol. The monoisotopic (exact) mass is 419 g/mol. The summed E-state index contributed by atoms with van der Waals surface area (Å²) < 4.78 is 0. The summed E-state index contributed by atoms with van der Waals surface area (Å²) in [6.45, 7) is 1.04. The average molecular weight is 420 g/mol. The van der Waals surface area contributed by atoms with Gasteiger partial charge < -0.3 is 21.7 Å². The van der Waals surface area contributed by atoms with E-state index in [4.69, 9.17) is 11.5 Å². The fourth-order valence-corrected chi connectivity index (χ4v) is 3.83. The molecule has 1 aliphatic heterocycles. The smallest absolute Gasteiger partial charge is 0.243 e. The molecule has 0 radical (unpaired) electrons. The van der Waals surface area contributed by atoms with Gasteiger partial charge in [-0.2, -0.15) is 5.26 Å². The van der Waals surface area contributed by atoms with Gasteiger partial charge in [0.25, 0.3) is 0 Å². The second-order valence-electron chi connectivity index (χ2n) is 7.94. The Balaban J connectivity index is 1.60. The molecule has 31 heavy (non-hydrogen) atoms. The van der Waals surface area contributed by atoms with E-state index < -0.39 is 12.1 Å². The van der Waals surface area contributed by atoms with Gasteiger partial charge in [0.05, 0.1) is 18.0 Å². The predicted octanol–water partition coefficient (Wildman–Crippen LogP) is 1.46. The largest absolute Gasteiger partial charge is 0.350 e. The lowest BCUT2D eigenvalue weighted by Gasteiger charge is -2.26. The van der Waals surface area contributed by atoms with Gasteiger partial charge in [0.15, 0.2) is 0 Å². The number of aryl methyl sites for hydroxylation is 1. The van der Waals surface area contributed by atoms with Crippen molar-refractivity contribution in [3.8, 4) is 6.07 Å². The zero-order chi connectivity index (χ0) is 22.2. The maximum Gasteiger partial charge on any atom is 0.243 e. The highest BCUT2D eigenvalue weighted by Crippen LogP contribution is 2.24. The van der Waals surface area contributed by atoms with E-state index in [1.807, 2.05) is 54.6 Å². The third-order valence-electron chi connectivity index (χ3n) is 5.70. The number of carbonyl (C=O) groups excluding carboxylic acids is 2. The number of hydrogen-bond acceptors (Lipinski definition) is 5. The number of rotatable bonds is 8. The van der Waals surface area contributed by atoms with Gasteiger partial charge in [0.1, 0.15) is 6.04 Å². The minimum Gasteiger partial charge on any atom is -0.350 e. The number of likely N-dealkylation sites (tertiary alicyclic amines) is 1. The molecule has 162 valence electrons. The fraction of sp³-hybridized carbons (Fsp3) is 0.375. The Bertz CT molecular complexity index is 923. The summed E-state index contributed by atoms with van der Waals surface area (Å²) in [7, 11) is 0. The summed E-state index contributed by atoms with van der Waals surface area (Å²) in [5, 5.41) is 12.2. The summed E-state index contributed by atoms with van der Waals surface area (Å²) in [6.07, 6.45) is 1.49. The second-order valence-corrected chi connectivity index (χ2v) is 7.94. The summed E-state index contributed by atoms with van der Waals surface area (Å²) in [6, 6.07) is 18.3. The van der Waals surface area contributed by atoms with Crippen LogP contribution in [0.5, 0.6) is 0 Å². The molecule has 1 heterocycles. The van der Waals surface area contributed by atoms with Crippen molar-refractivity contribution < 1.29 is 9.59 Å². The molecule has 0 bridgehead atoms. The standard InChI is InChI=1S/C24H29N5O2/c25-13-18-6-8-19(9-7-18)15-28-23(30)22-12-20(14-26)16-29(22)24(31)21(27)11-10-17-4-2-1-3-5-17/h1-9,20-22H,10-13,15-16,25,27H2,(H,28,30)/t20?,21-,22+/m1/s1. The SMILES string of the molecule is N#CC1C[C@@H](C(=O)NCc2ccc(CN)cc2)N(C(=O)[C@H](N)CCc2ccccc2)C1. The lowest BCUT2D eigenvalue weighted by molar-refractivity contribution is -0.139. The van der Waals surface area contributed by atoms with Crippen LogP contribution in [-0.4, -0.2) is 35.3 Å². The number of amides is 2. The van der Waals surface area contributed by atoms with Gasteiger partial charge >= 0.3 is 0 Å². The van der Waals surface area contributed by atoms with E-state index in [1.165, 1.54) is 4.90 Å². The van der Waals surface area contributed by atoms with Gasteiger partial charge in [0, 0.05) is 19.6 Å². The molecule has 3 atom stereocenters. The van der Waals surface area contributed by atoms with Crippen LogP contribution in [0.4, 0.5) is 0 Å². The number of nitriles is 1. The molecule has 1 unspecified atom stereocenters. The molecule has 1 fully saturated rings. The fourth-order valence-electron chi connectivity index (χ4n) is 3.83. The number of benzene rings is 2. The number of carbonyl (C=O) groups is 2. The van der Waals surface area contributed by atoms with E-state index in [9.17, 15) is 14.9 Å². The molecule has 2 amide bonds. The van der Waals surface area contributed by atoms with Crippen LogP contribution in [0, 0.1) is 17.2 Å². The Hall–Kier alpha value is -3.21. The van der Waals surface area contributed by atoms with E-state index in [-0.39, 0.29) is 24.3 Å². The van der Waals surface area contributed by atoms with Crippen molar-refractivity contribution in [1.82, 2.24) is 10.2 Å². The van der Waals surface area contributed by atoms with Gasteiger partial charge in [-0.1, -0.05) is 54.6 Å². The van der Waals surface area contributed by atoms with E-state index in [1.54, 1.807) is 0 Å². The first kappa shape index (κ1) is 22.5. The van der Waals surface area contributed by atoms with Crippen molar-refractivity contribution in [3.63, 3.8) is 0 Å². The molecule has 0 aromatic heterocycles. The summed E-state index contributed by atoms with van der Waals surface area (Å²) in [5.41, 5.74) is 14.8. The maximum atomic E-state index is 13.0. The van der Waals surface area contributed by atoms with Crippen molar-refractivity contribution in [1.29, 1.82) is 5.26 Å². The molecule has 0 spiro atoms. The zero-order valence-corrected chi connectivity index (χ0v) is 17.5. The lowest BCUT2D eigenvalue weighted by atomic mass is 10.0. The minimum absolute atomic E-state index is 0.234. The first-order valence-corrected chi connectivity index (χ1v) is 10.6. The van der Waals surface area contributed by atoms with Gasteiger partial charge in [-0.3, -0.25) is 9.59 Å². The number of nitrogens with two attached hydrogens (primary N) is 2. The van der Waals surface area contributed by atoms with E-state index in [2.05, 4.69) is 11.4 Å². The van der Waals surface area contributed by atoms with E-state index >= 15 is 0 Å². The molecule has 1 saturated heterocycles. The van der Waals surface area contributed by atoms with Crippen molar-refractivity contribution in [2.45, 2.75) is 44.4 Å². The maximum absolute atomic E-state index is 13.0. The van der Waals surface area contributed by atoms with E-state index in [0.29, 0.717) is 32.4 Å². The van der Waals surface area contributed by atoms with Crippen molar-refractivity contribution in [2.24, 2.45) is 17.4 Å². The van der Waals surface area contributed by atoms with Crippen LogP contribution < -0.4 is 16.8 Å². The highest BCUT2D eigenvalue weighted by molar-refractivity contribution is 5.90. The molecule has 2 aromatic rings. The summed E-state index contributed by atoms with van der Waals surface area (Å²) in [4.78, 5) is 27.3. The van der Waals surface area contributed by atoms with Crippen molar-refractivity contribution in [3.05, 3.63) is 71.3 Å². The Morgan fingerprint density at radius 1 is 1.10 bits per heavy atom. The second kappa shape index (κ2) is 10.7. The quantitative estimate of drug-likeness (QED) is 0.597. The normalized spacial score (nSPS) is 18.9. The zero-order valence-electron chi connectivity index (χ0n) is 17.5. The molecule has 0 aliphatic carbocycles. The highest BCUT2D eigenvalue weighted by atomic mass is 16.2. The molecule has 5 N–H and O–H groups in total. The number of nitrogens with zero attached hydrogens (tertiary/aromatic N) is 2. The first-order chi connectivity index (χ1) is 15.0. The third kappa shape index (κ3) is 5.91. The average Bonchev–Trinajstić information content (AvgIpc) is 3.26. The lowest BCUT2D eigenvalue weighted by Crippen LogP contribution is -2.51. The Kier molecular flexibility index (Phi) is 7.76. The number of hydrogen-bond donors (Lipinski definition) is 3. The summed E-state index contributed by atoms with van der Waals surface area (Å²) in [5.74, 6) is -0.907. The molecule has 1 aliphatic rings. The molecule has 7 nitrogen and oxygen atoms in total. The Morgan fingerprint density at radius 3 is 2.42 bits per heavy atom. The van der Waals surface area contributed by atoms with Crippen LogP contribution >= 0.6 is 0 Å². The Morgan fingerprint density at radius 2 is 1.77 bits per heavy atom. The van der Waals surface area contributed by atoms with Gasteiger partial charge in [-0.05, 0) is 36.0 Å². The molecule has 0 saturated carbocycles. The number of nitrogens with one attached hydrogen (secondary N) is 1. The molecular weight excluding hydrogens is 390 g/mol. The van der Waals surface area contributed by atoms with Crippen molar-refractivity contribution in [2.75, 3.05) is 6.54 Å². The van der Waals surface area contributed by atoms with Crippen LogP contribution in [0.1, 0.15) is 29.5 Å². The van der Waals surface area contributed by atoms with Crippen LogP contribution in [0.2, 0.25) is 0 Å². The van der Waals surface area contributed by atoms with Crippen LogP contribution in [0.15, 0.2) is 54.6 Å². The molecular formula is C24H29N5O2. The minimum atomic E-state index is -0.711. The van der Waals surface area contributed by atoms with Crippen LogP contribution in [0.25, 0.3) is 0 Å². The molecule has 7 heteroatoms. The van der Waals surface area contributed by atoms with E-state index in [0.717, 1.165) is 16.7 Å².